The summed E-state index contributed by atoms with van der Waals surface area (Å²) >= 11 is 3.53. The Morgan fingerprint density at radius 2 is 1.56 bits per heavy atom. The van der Waals surface area contributed by atoms with E-state index in [1.807, 2.05) is 80.6 Å². The Labute approximate surface area is 211 Å². The highest BCUT2D eigenvalue weighted by Gasteiger charge is 2.30. The number of rotatable bonds is 9. The number of hydrogen-bond donors (Lipinski definition) is 1. The molecule has 0 aromatic heterocycles. The third kappa shape index (κ3) is 7.29. The summed E-state index contributed by atoms with van der Waals surface area (Å²) in [5.74, 6) is -0.203. The molecule has 3 rings (SSSR count). The van der Waals surface area contributed by atoms with E-state index in [-0.39, 0.29) is 24.3 Å². The number of carbonyl (C=O) groups excluding carboxylic acids is 2. The third-order valence-corrected chi connectivity index (χ3v) is 6.36. The average molecular weight is 521 g/mol. The van der Waals surface area contributed by atoms with Crippen molar-refractivity contribution in [3.05, 3.63) is 105 Å². The summed E-state index contributed by atoms with van der Waals surface area (Å²) in [6.45, 7) is 8.34. The molecule has 0 spiro atoms. The molecule has 0 saturated heterocycles. The molecule has 3 aromatic carbocycles. The van der Waals surface area contributed by atoms with Gasteiger partial charge in [0, 0.05) is 23.5 Å². The molecule has 3 aromatic rings. The molecule has 0 aliphatic heterocycles. The van der Waals surface area contributed by atoms with Crippen molar-refractivity contribution in [2.24, 2.45) is 0 Å². The molecular weight excluding hydrogens is 488 g/mol. The zero-order valence-corrected chi connectivity index (χ0v) is 21.9. The molecule has 0 heterocycles. The van der Waals surface area contributed by atoms with E-state index in [0.717, 1.165) is 26.7 Å². The molecule has 4 nitrogen and oxygen atoms in total. The largest absolute Gasteiger partial charge is 0.352 e. The van der Waals surface area contributed by atoms with Gasteiger partial charge in [-0.05, 0) is 67.6 Å². The van der Waals surface area contributed by atoms with Gasteiger partial charge in [0.1, 0.15) is 6.04 Å². The summed E-state index contributed by atoms with van der Waals surface area (Å²) in [5.41, 5.74) is 5.29. The maximum atomic E-state index is 13.8. The number of amides is 2. The number of nitrogens with zero attached hydrogens (tertiary/aromatic N) is 1. The lowest BCUT2D eigenvalue weighted by atomic mass is 10.00. The molecule has 1 N–H and O–H groups in total. The van der Waals surface area contributed by atoms with Crippen LogP contribution in [0.25, 0.3) is 0 Å². The van der Waals surface area contributed by atoms with Gasteiger partial charge in [-0.15, -0.1) is 0 Å². The summed E-state index contributed by atoms with van der Waals surface area (Å²) in [6.07, 6.45) is 0.696. The van der Waals surface area contributed by atoms with E-state index in [1.54, 1.807) is 4.90 Å². The number of aryl methyl sites for hydroxylation is 2. The van der Waals surface area contributed by atoms with Crippen LogP contribution in [0.1, 0.15) is 41.7 Å². The van der Waals surface area contributed by atoms with Crippen molar-refractivity contribution < 1.29 is 9.59 Å². The van der Waals surface area contributed by atoms with E-state index in [1.165, 1.54) is 5.56 Å². The van der Waals surface area contributed by atoms with E-state index in [9.17, 15) is 9.59 Å². The topological polar surface area (TPSA) is 49.4 Å². The smallest absolute Gasteiger partial charge is 0.243 e. The molecule has 0 aliphatic carbocycles. The van der Waals surface area contributed by atoms with Crippen molar-refractivity contribution >= 4 is 27.7 Å². The SMILES string of the molecule is Cc1ccc(CC(=O)N(Cc2cccc(Br)c2)[C@H](Cc2ccccc2)C(=O)NC(C)C)cc1C. The molecule has 0 saturated carbocycles. The fourth-order valence-corrected chi connectivity index (χ4v) is 4.40. The minimum absolute atomic E-state index is 0.0201. The van der Waals surface area contributed by atoms with Crippen molar-refractivity contribution in [2.75, 3.05) is 0 Å². The van der Waals surface area contributed by atoms with Crippen LogP contribution in [0, 0.1) is 13.8 Å². The Morgan fingerprint density at radius 1 is 0.853 bits per heavy atom. The number of benzene rings is 3. The Balaban J connectivity index is 1.98. The molecule has 0 radical (unpaired) electrons. The van der Waals surface area contributed by atoms with E-state index < -0.39 is 6.04 Å². The lowest BCUT2D eigenvalue weighted by Crippen LogP contribution is -2.52. The first kappa shape index (κ1) is 25.7. The summed E-state index contributed by atoms with van der Waals surface area (Å²) in [4.78, 5) is 28.9. The van der Waals surface area contributed by atoms with Gasteiger partial charge in [-0.25, -0.2) is 0 Å². The van der Waals surface area contributed by atoms with Crippen molar-refractivity contribution in [2.45, 2.75) is 59.2 Å². The number of halogens is 1. The normalized spacial score (nSPS) is 11.8. The maximum Gasteiger partial charge on any atom is 0.243 e. The van der Waals surface area contributed by atoms with Gasteiger partial charge in [0.05, 0.1) is 6.42 Å². The van der Waals surface area contributed by atoms with Gasteiger partial charge >= 0.3 is 0 Å². The predicted molar refractivity (Wildman–Crippen MR) is 142 cm³/mol. The van der Waals surface area contributed by atoms with Crippen molar-refractivity contribution in [1.82, 2.24) is 10.2 Å². The average Bonchev–Trinajstić information content (AvgIpc) is 2.79. The minimum Gasteiger partial charge on any atom is -0.352 e. The van der Waals surface area contributed by atoms with Gasteiger partial charge in [-0.1, -0.05) is 76.6 Å². The zero-order valence-electron chi connectivity index (χ0n) is 20.3. The summed E-state index contributed by atoms with van der Waals surface area (Å²) < 4.78 is 0.942. The van der Waals surface area contributed by atoms with Crippen molar-refractivity contribution in [3.63, 3.8) is 0 Å². The highest BCUT2D eigenvalue weighted by molar-refractivity contribution is 9.10. The van der Waals surface area contributed by atoms with Crippen LogP contribution in [-0.2, 0) is 29.0 Å². The van der Waals surface area contributed by atoms with E-state index in [4.69, 9.17) is 0 Å². The van der Waals surface area contributed by atoms with Crippen LogP contribution in [0.3, 0.4) is 0 Å². The molecule has 2 amide bonds. The number of hydrogen-bond acceptors (Lipinski definition) is 2. The first-order chi connectivity index (χ1) is 16.2. The van der Waals surface area contributed by atoms with Gasteiger partial charge in [0.15, 0.2) is 0 Å². The van der Waals surface area contributed by atoms with Gasteiger partial charge in [0.2, 0.25) is 11.8 Å². The fraction of sp³-hybridized carbons (Fsp3) is 0.310. The lowest BCUT2D eigenvalue weighted by molar-refractivity contribution is -0.141. The highest BCUT2D eigenvalue weighted by atomic mass is 79.9. The zero-order chi connectivity index (χ0) is 24.7. The van der Waals surface area contributed by atoms with Gasteiger partial charge in [-0.3, -0.25) is 9.59 Å². The Hall–Kier alpha value is -2.92. The Bertz CT molecular complexity index is 1130. The summed E-state index contributed by atoms with van der Waals surface area (Å²) in [6, 6.07) is 23.2. The van der Waals surface area contributed by atoms with Gasteiger partial charge in [0.25, 0.3) is 0 Å². The van der Waals surface area contributed by atoms with E-state index in [2.05, 4.69) is 41.2 Å². The quantitative estimate of drug-likeness (QED) is 0.389. The van der Waals surface area contributed by atoms with Crippen LogP contribution in [-0.4, -0.2) is 28.8 Å². The lowest BCUT2D eigenvalue weighted by Gasteiger charge is -2.32. The van der Waals surface area contributed by atoms with E-state index in [0.29, 0.717) is 13.0 Å². The standard InChI is InChI=1S/C29H33BrN2O2/c1-20(2)31-29(34)27(17-23-9-6-5-7-10-23)32(19-25-11-8-12-26(30)16-25)28(33)18-24-14-13-21(3)22(4)15-24/h5-16,20,27H,17-19H2,1-4H3,(H,31,34)/t27-/m1/s1. The molecule has 0 unspecified atom stereocenters. The first-order valence-corrected chi connectivity index (χ1v) is 12.5. The first-order valence-electron chi connectivity index (χ1n) is 11.7. The van der Waals surface area contributed by atoms with Crippen LogP contribution < -0.4 is 5.32 Å². The molecule has 5 heteroatoms. The van der Waals surface area contributed by atoms with Gasteiger partial charge < -0.3 is 10.2 Å². The van der Waals surface area contributed by atoms with Crippen molar-refractivity contribution in [3.8, 4) is 0 Å². The van der Waals surface area contributed by atoms with Crippen LogP contribution in [0.4, 0.5) is 0 Å². The van der Waals surface area contributed by atoms with Crippen LogP contribution in [0.2, 0.25) is 0 Å². The fourth-order valence-electron chi connectivity index (χ4n) is 3.96. The maximum absolute atomic E-state index is 13.8. The molecule has 0 fully saturated rings. The molecule has 0 bridgehead atoms. The number of nitrogens with one attached hydrogen (secondary N) is 1. The van der Waals surface area contributed by atoms with Crippen LogP contribution in [0.15, 0.2) is 77.3 Å². The monoisotopic (exact) mass is 520 g/mol. The van der Waals surface area contributed by atoms with E-state index >= 15 is 0 Å². The second-order valence-electron chi connectivity index (χ2n) is 9.12. The Kier molecular flexibility index (Phi) is 9.05. The second kappa shape index (κ2) is 12.0. The molecular formula is C29H33BrN2O2. The van der Waals surface area contributed by atoms with Crippen LogP contribution in [0.5, 0.6) is 0 Å². The molecule has 1 atom stereocenters. The summed E-state index contributed by atoms with van der Waals surface area (Å²) in [7, 11) is 0. The predicted octanol–water partition coefficient (Wildman–Crippen LogP) is 5.77. The van der Waals surface area contributed by atoms with Gasteiger partial charge in [-0.2, -0.15) is 0 Å². The van der Waals surface area contributed by atoms with Crippen molar-refractivity contribution in [1.29, 1.82) is 0 Å². The molecule has 34 heavy (non-hydrogen) atoms. The number of carbonyl (C=O) groups is 2. The highest BCUT2D eigenvalue weighted by Crippen LogP contribution is 2.20. The molecule has 178 valence electrons. The minimum atomic E-state index is -0.622. The Morgan fingerprint density at radius 3 is 2.21 bits per heavy atom. The molecule has 0 aliphatic rings. The second-order valence-corrected chi connectivity index (χ2v) is 10.0. The van der Waals surface area contributed by atoms with Crippen LogP contribution >= 0.6 is 15.9 Å². The summed E-state index contributed by atoms with van der Waals surface area (Å²) in [5, 5.41) is 3.03. The third-order valence-electron chi connectivity index (χ3n) is 5.87.